The molecule has 0 radical (unpaired) electrons. The maximum absolute atomic E-state index is 13.0. The first-order valence-corrected chi connectivity index (χ1v) is 10.0. The van der Waals surface area contributed by atoms with Crippen LogP contribution in [0.5, 0.6) is 0 Å². The third kappa shape index (κ3) is 4.11. The van der Waals surface area contributed by atoms with Crippen LogP contribution in [0.1, 0.15) is 24.2 Å². The molecule has 0 aliphatic heterocycles. The van der Waals surface area contributed by atoms with E-state index >= 15 is 0 Å². The van der Waals surface area contributed by atoms with Gasteiger partial charge in [0.05, 0.1) is 11.4 Å². The highest BCUT2D eigenvalue weighted by atomic mass is 19.4. The lowest BCUT2D eigenvalue weighted by atomic mass is 10.00. The Hall–Kier alpha value is -3.95. The molecule has 4 aromatic rings. The molecule has 1 N–H and O–H groups in total. The minimum absolute atomic E-state index is 0.194. The van der Waals surface area contributed by atoms with Gasteiger partial charge in [0, 0.05) is 7.05 Å². The zero-order valence-electron chi connectivity index (χ0n) is 17.7. The molecule has 33 heavy (non-hydrogen) atoms. The summed E-state index contributed by atoms with van der Waals surface area (Å²) in [5, 5.41) is 4.54. The third-order valence-corrected chi connectivity index (χ3v) is 5.45. The van der Waals surface area contributed by atoms with Crippen molar-refractivity contribution in [2.75, 3.05) is 0 Å². The first-order chi connectivity index (χ1) is 15.6. The fourth-order valence-corrected chi connectivity index (χ4v) is 3.81. The van der Waals surface area contributed by atoms with Crippen LogP contribution in [0.25, 0.3) is 21.8 Å². The average Bonchev–Trinajstić information content (AvgIpc) is 2.79. The quantitative estimate of drug-likeness (QED) is 0.511. The van der Waals surface area contributed by atoms with Crippen molar-refractivity contribution in [3.8, 4) is 0 Å². The van der Waals surface area contributed by atoms with Crippen molar-refractivity contribution < 1.29 is 18.0 Å². The van der Waals surface area contributed by atoms with Crippen LogP contribution >= 0.6 is 0 Å². The highest BCUT2D eigenvalue weighted by Crippen LogP contribution is 2.28. The molecule has 0 saturated carbocycles. The normalized spacial score (nSPS) is 12.8. The largest absolute Gasteiger partial charge is 0.433 e. The maximum atomic E-state index is 13.0. The van der Waals surface area contributed by atoms with Crippen molar-refractivity contribution in [2.24, 2.45) is 7.05 Å². The van der Waals surface area contributed by atoms with Gasteiger partial charge in [-0.2, -0.15) is 13.2 Å². The molecule has 7 nitrogen and oxygen atoms in total. The summed E-state index contributed by atoms with van der Waals surface area (Å²) in [4.78, 5) is 41.5. The summed E-state index contributed by atoms with van der Waals surface area (Å²) in [6, 6.07) is 14.6. The van der Waals surface area contributed by atoms with E-state index in [1.165, 1.54) is 7.05 Å². The summed E-state index contributed by atoms with van der Waals surface area (Å²) in [5.41, 5.74) is -2.58. The van der Waals surface area contributed by atoms with Gasteiger partial charge in [-0.3, -0.25) is 18.7 Å². The number of benzene rings is 2. The Kier molecular flexibility index (Phi) is 5.52. The summed E-state index contributed by atoms with van der Waals surface area (Å²) in [5.74, 6) is -0.589. The van der Waals surface area contributed by atoms with Crippen molar-refractivity contribution in [1.29, 1.82) is 0 Å². The molecule has 0 bridgehead atoms. The van der Waals surface area contributed by atoms with Gasteiger partial charge in [-0.1, -0.05) is 42.5 Å². The highest BCUT2D eigenvalue weighted by molar-refractivity contribution is 5.87. The molecule has 0 aliphatic carbocycles. The smallest absolute Gasteiger partial charge is 0.348 e. The summed E-state index contributed by atoms with van der Waals surface area (Å²) in [6.45, 7) is 1.20. The zero-order chi connectivity index (χ0) is 23.9. The molecule has 4 rings (SSSR count). The lowest BCUT2D eigenvalue weighted by Gasteiger charge is -2.17. The molecule has 1 amide bonds. The van der Waals surface area contributed by atoms with E-state index in [2.05, 4.69) is 10.3 Å². The second-order valence-corrected chi connectivity index (χ2v) is 7.66. The predicted octanol–water partition coefficient (Wildman–Crippen LogP) is 3.14. The standard InChI is InChI=1S/C23H19F3N4O3/c1-13(15-9-5-7-14-6-3-4-8-16(14)15)27-19(31)12-30-21(32)17-10-11-18(23(24,25)26)28-20(17)29(2)22(30)33/h3-11,13H,12H2,1-2H3,(H,27,31)/t13-/m0/s1. The summed E-state index contributed by atoms with van der Waals surface area (Å²) in [6.07, 6.45) is -4.73. The third-order valence-electron chi connectivity index (χ3n) is 5.45. The van der Waals surface area contributed by atoms with Crippen molar-refractivity contribution in [3.05, 3.63) is 86.7 Å². The number of fused-ring (bicyclic) bond motifs is 2. The van der Waals surface area contributed by atoms with Crippen LogP contribution in [0.3, 0.4) is 0 Å². The van der Waals surface area contributed by atoms with Gasteiger partial charge in [-0.15, -0.1) is 0 Å². The Morgan fingerprint density at radius 3 is 2.45 bits per heavy atom. The van der Waals surface area contributed by atoms with Crippen molar-refractivity contribution >= 4 is 27.7 Å². The topological polar surface area (TPSA) is 86.0 Å². The van der Waals surface area contributed by atoms with E-state index in [0.29, 0.717) is 10.6 Å². The van der Waals surface area contributed by atoms with Crippen molar-refractivity contribution in [3.63, 3.8) is 0 Å². The van der Waals surface area contributed by atoms with E-state index in [0.717, 1.165) is 27.0 Å². The van der Waals surface area contributed by atoms with Gasteiger partial charge in [0.1, 0.15) is 17.9 Å². The molecule has 1 atom stereocenters. The van der Waals surface area contributed by atoms with Crippen LogP contribution in [-0.2, 0) is 24.6 Å². The summed E-state index contributed by atoms with van der Waals surface area (Å²) >= 11 is 0. The zero-order valence-corrected chi connectivity index (χ0v) is 17.7. The molecule has 2 heterocycles. The van der Waals surface area contributed by atoms with Gasteiger partial charge in [-0.05, 0) is 35.4 Å². The number of nitrogens with one attached hydrogen (secondary N) is 1. The van der Waals surface area contributed by atoms with Gasteiger partial charge >= 0.3 is 11.9 Å². The number of hydrogen-bond acceptors (Lipinski definition) is 4. The first kappa shape index (κ1) is 22.3. The summed E-state index contributed by atoms with van der Waals surface area (Å²) in [7, 11) is 1.20. The summed E-state index contributed by atoms with van der Waals surface area (Å²) < 4.78 is 40.4. The number of rotatable bonds is 4. The van der Waals surface area contributed by atoms with Crippen LogP contribution < -0.4 is 16.6 Å². The predicted molar refractivity (Wildman–Crippen MR) is 117 cm³/mol. The number of alkyl halides is 3. The Bertz CT molecular complexity index is 1500. The molecule has 0 aliphatic rings. The van der Waals surface area contributed by atoms with Crippen LogP contribution in [-0.4, -0.2) is 20.0 Å². The van der Waals surface area contributed by atoms with E-state index in [4.69, 9.17) is 0 Å². The maximum Gasteiger partial charge on any atom is 0.433 e. The van der Waals surface area contributed by atoms with Crippen molar-refractivity contribution in [1.82, 2.24) is 19.4 Å². The van der Waals surface area contributed by atoms with Crippen LogP contribution in [0.15, 0.2) is 64.2 Å². The molecule has 0 fully saturated rings. The molecule has 170 valence electrons. The Morgan fingerprint density at radius 2 is 1.73 bits per heavy atom. The average molecular weight is 456 g/mol. The lowest BCUT2D eigenvalue weighted by molar-refractivity contribution is -0.141. The number of halogens is 3. The fraction of sp³-hybridized carbons (Fsp3) is 0.217. The fourth-order valence-electron chi connectivity index (χ4n) is 3.81. The molecule has 0 saturated heterocycles. The lowest BCUT2D eigenvalue weighted by Crippen LogP contribution is -2.43. The number of nitrogens with zero attached hydrogens (tertiary/aromatic N) is 3. The van der Waals surface area contributed by atoms with E-state index in [1.807, 2.05) is 42.5 Å². The van der Waals surface area contributed by atoms with Crippen LogP contribution in [0.4, 0.5) is 13.2 Å². The SMILES string of the molecule is C[C@H](NC(=O)Cn1c(=O)c2ccc(C(F)(F)F)nc2n(C)c1=O)c1cccc2ccccc12. The second kappa shape index (κ2) is 8.19. The van der Waals surface area contributed by atoms with E-state index < -0.39 is 47.3 Å². The number of carbonyl (C=O) groups excluding carboxylic acids is 1. The number of carbonyl (C=O) groups is 1. The Morgan fingerprint density at radius 1 is 1.03 bits per heavy atom. The monoisotopic (exact) mass is 456 g/mol. The molecule has 10 heteroatoms. The van der Waals surface area contributed by atoms with Gasteiger partial charge in [0.15, 0.2) is 0 Å². The number of amides is 1. The molecular formula is C23H19F3N4O3. The number of pyridine rings is 1. The van der Waals surface area contributed by atoms with Crippen molar-refractivity contribution in [2.45, 2.75) is 25.7 Å². The van der Waals surface area contributed by atoms with E-state index in [9.17, 15) is 27.6 Å². The van der Waals surface area contributed by atoms with Crippen LogP contribution in [0.2, 0.25) is 0 Å². The van der Waals surface area contributed by atoms with E-state index in [-0.39, 0.29) is 5.39 Å². The Labute approximate surface area is 185 Å². The van der Waals surface area contributed by atoms with Gasteiger partial charge < -0.3 is 5.32 Å². The minimum Gasteiger partial charge on any atom is -0.348 e. The molecular weight excluding hydrogens is 437 g/mol. The highest BCUT2D eigenvalue weighted by Gasteiger charge is 2.33. The number of aromatic nitrogens is 3. The molecule has 0 spiro atoms. The number of hydrogen-bond donors (Lipinski definition) is 1. The van der Waals surface area contributed by atoms with Gasteiger partial charge in [-0.25, -0.2) is 9.78 Å². The molecule has 0 unspecified atom stereocenters. The molecule has 2 aromatic heterocycles. The first-order valence-electron chi connectivity index (χ1n) is 10.0. The number of aryl methyl sites for hydroxylation is 1. The van der Waals surface area contributed by atoms with Gasteiger partial charge in [0.25, 0.3) is 5.56 Å². The second-order valence-electron chi connectivity index (χ2n) is 7.66. The van der Waals surface area contributed by atoms with Crippen LogP contribution in [0, 0.1) is 0 Å². The Balaban J connectivity index is 1.65. The van der Waals surface area contributed by atoms with E-state index in [1.54, 1.807) is 6.92 Å². The molecule has 2 aromatic carbocycles. The van der Waals surface area contributed by atoms with Gasteiger partial charge in [0.2, 0.25) is 5.91 Å². The minimum atomic E-state index is -4.73.